The number of likely N-dealkylation sites (tertiary alicyclic amines) is 1. The summed E-state index contributed by atoms with van der Waals surface area (Å²) in [4.78, 5) is 14.2. The molecule has 18 heavy (non-hydrogen) atoms. The van der Waals surface area contributed by atoms with E-state index in [1.807, 2.05) is 30.9 Å². The van der Waals surface area contributed by atoms with E-state index >= 15 is 0 Å². The van der Waals surface area contributed by atoms with Gasteiger partial charge in [0.15, 0.2) is 0 Å². The number of carbonyl (C=O) groups is 1. The number of hydrogen-bond acceptors (Lipinski definition) is 2. The minimum absolute atomic E-state index is 0.0730. The van der Waals surface area contributed by atoms with Gasteiger partial charge in [0.25, 0.3) is 0 Å². The van der Waals surface area contributed by atoms with E-state index in [2.05, 4.69) is 12.1 Å². The van der Waals surface area contributed by atoms with Crippen LogP contribution in [-0.4, -0.2) is 24.5 Å². The third kappa shape index (κ3) is 2.50. The molecule has 2 rings (SSSR count). The highest BCUT2D eigenvalue weighted by Crippen LogP contribution is 2.33. The molecule has 1 aromatic carbocycles. The minimum atomic E-state index is 0.0730. The van der Waals surface area contributed by atoms with Crippen molar-refractivity contribution in [2.75, 3.05) is 13.7 Å². The molecule has 98 valence electrons. The number of rotatable bonds is 3. The lowest BCUT2D eigenvalue weighted by Crippen LogP contribution is -2.33. The average molecular weight is 247 g/mol. The molecule has 3 heteroatoms. The maximum Gasteiger partial charge on any atom is 0.225 e. The van der Waals surface area contributed by atoms with Crippen molar-refractivity contribution in [2.24, 2.45) is 5.92 Å². The van der Waals surface area contributed by atoms with Crippen LogP contribution in [0.4, 0.5) is 0 Å². The van der Waals surface area contributed by atoms with E-state index in [0.29, 0.717) is 0 Å². The van der Waals surface area contributed by atoms with E-state index in [0.717, 1.165) is 25.1 Å². The molecule has 0 unspecified atom stereocenters. The molecule has 1 saturated heterocycles. The second kappa shape index (κ2) is 5.42. The summed E-state index contributed by atoms with van der Waals surface area (Å²) in [5.74, 6) is 1.19. The van der Waals surface area contributed by atoms with E-state index in [1.165, 1.54) is 5.56 Å². The highest BCUT2D eigenvalue weighted by atomic mass is 16.5. The van der Waals surface area contributed by atoms with E-state index in [-0.39, 0.29) is 17.9 Å². The van der Waals surface area contributed by atoms with Crippen LogP contribution >= 0.6 is 0 Å². The van der Waals surface area contributed by atoms with Gasteiger partial charge in [-0.25, -0.2) is 0 Å². The zero-order valence-corrected chi connectivity index (χ0v) is 11.3. The molecular weight excluding hydrogens is 226 g/mol. The predicted octanol–water partition coefficient (Wildman–Crippen LogP) is 3.01. The standard InChI is InChI=1S/C15H21NO2/c1-11(2)15(17)16-10-4-5-14(16)12-6-8-13(18-3)9-7-12/h6-9,11,14H,4-5,10H2,1-3H3/t14-/m0/s1. The summed E-state index contributed by atoms with van der Waals surface area (Å²) in [6.45, 7) is 4.81. The van der Waals surface area contributed by atoms with Gasteiger partial charge in [-0.05, 0) is 30.5 Å². The van der Waals surface area contributed by atoms with Crippen LogP contribution in [0.25, 0.3) is 0 Å². The van der Waals surface area contributed by atoms with Crippen molar-refractivity contribution in [2.45, 2.75) is 32.7 Å². The fourth-order valence-corrected chi connectivity index (χ4v) is 2.53. The van der Waals surface area contributed by atoms with Crippen LogP contribution in [-0.2, 0) is 4.79 Å². The fourth-order valence-electron chi connectivity index (χ4n) is 2.53. The first-order chi connectivity index (χ1) is 8.63. The maximum absolute atomic E-state index is 12.2. The van der Waals surface area contributed by atoms with Crippen molar-refractivity contribution >= 4 is 5.91 Å². The van der Waals surface area contributed by atoms with E-state index < -0.39 is 0 Å². The molecule has 0 N–H and O–H groups in total. The van der Waals surface area contributed by atoms with Crippen LogP contribution in [0.3, 0.4) is 0 Å². The molecule has 0 saturated carbocycles. The minimum Gasteiger partial charge on any atom is -0.497 e. The summed E-state index contributed by atoms with van der Waals surface area (Å²) >= 11 is 0. The number of methoxy groups -OCH3 is 1. The molecule has 0 spiro atoms. The SMILES string of the molecule is COc1ccc([C@@H]2CCCN2C(=O)C(C)C)cc1. The molecule has 1 amide bonds. The van der Waals surface area contributed by atoms with Gasteiger partial charge in [-0.2, -0.15) is 0 Å². The Labute approximate surface area is 109 Å². The van der Waals surface area contributed by atoms with E-state index in [1.54, 1.807) is 7.11 Å². The zero-order chi connectivity index (χ0) is 13.1. The number of ether oxygens (including phenoxy) is 1. The van der Waals surface area contributed by atoms with E-state index in [9.17, 15) is 4.79 Å². The van der Waals surface area contributed by atoms with Crippen LogP contribution in [0.15, 0.2) is 24.3 Å². The molecule has 1 aliphatic heterocycles. The fraction of sp³-hybridized carbons (Fsp3) is 0.533. The number of benzene rings is 1. The van der Waals surface area contributed by atoms with Crippen molar-refractivity contribution in [1.82, 2.24) is 4.90 Å². The number of carbonyl (C=O) groups excluding carboxylic acids is 1. The lowest BCUT2D eigenvalue weighted by atomic mass is 10.0. The molecule has 0 bridgehead atoms. The molecule has 1 heterocycles. The first-order valence-electron chi connectivity index (χ1n) is 6.58. The topological polar surface area (TPSA) is 29.5 Å². The van der Waals surface area contributed by atoms with Gasteiger partial charge < -0.3 is 9.64 Å². The molecule has 3 nitrogen and oxygen atoms in total. The Morgan fingerprint density at radius 3 is 2.56 bits per heavy atom. The Bertz CT molecular complexity index is 411. The van der Waals surface area contributed by atoms with Gasteiger partial charge in [-0.1, -0.05) is 26.0 Å². The Morgan fingerprint density at radius 2 is 2.00 bits per heavy atom. The second-order valence-corrected chi connectivity index (χ2v) is 5.12. The normalized spacial score (nSPS) is 19.3. The lowest BCUT2D eigenvalue weighted by Gasteiger charge is -2.26. The molecular formula is C15H21NO2. The summed E-state index contributed by atoms with van der Waals surface area (Å²) < 4.78 is 5.16. The van der Waals surface area contributed by atoms with Gasteiger partial charge >= 0.3 is 0 Å². The number of amides is 1. The van der Waals surface area contributed by atoms with Gasteiger partial charge in [0.05, 0.1) is 13.2 Å². The third-order valence-corrected chi connectivity index (χ3v) is 3.53. The van der Waals surface area contributed by atoms with Crippen LogP contribution in [0.1, 0.15) is 38.3 Å². The Kier molecular flexibility index (Phi) is 3.90. The van der Waals surface area contributed by atoms with Crippen LogP contribution in [0.2, 0.25) is 0 Å². The van der Waals surface area contributed by atoms with Crippen molar-refractivity contribution in [3.63, 3.8) is 0 Å². The Hall–Kier alpha value is -1.51. The quantitative estimate of drug-likeness (QED) is 0.821. The maximum atomic E-state index is 12.2. The van der Waals surface area contributed by atoms with Gasteiger partial charge in [-0.3, -0.25) is 4.79 Å². The van der Waals surface area contributed by atoms with Crippen molar-refractivity contribution < 1.29 is 9.53 Å². The first-order valence-corrected chi connectivity index (χ1v) is 6.58. The average Bonchev–Trinajstić information content (AvgIpc) is 2.87. The molecule has 1 aliphatic rings. The van der Waals surface area contributed by atoms with Crippen LogP contribution in [0, 0.1) is 5.92 Å². The van der Waals surface area contributed by atoms with Gasteiger partial charge in [0, 0.05) is 12.5 Å². The summed E-state index contributed by atoms with van der Waals surface area (Å²) in [5.41, 5.74) is 1.21. The van der Waals surface area contributed by atoms with Crippen LogP contribution < -0.4 is 4.74 Å². The van der Waals surface area contributed by atoms with E-state index in [4.69, 9.17) is 4.74 Å². The molecule has 1 aromatic rings. The molecule has 0 aliphatic carbocycles. The summed E-state index contributed by atoms with van der Waals surface area (Å²) in [7, 11) is 1.67. The Balaban J connectivity index is 2.17. The first kappa shape index (κ1) is 12.9. The third-order valence-electron chi connectivity index (χ3n) is 3.53. The van der Waals surface area contributed by atoms with Gasteiger partial charge in [-0.15, -0.1) is 0 Å². The number of hydrogen-bond donors (Lipinski definition) is 0. The predicted molar refractivity (Wildman–Crippen MR) is 71.5 cm³/mol. The number of nitrogens with zero attached hydrogens (tertiary/aromatic N) is 1. The summed E-state index contributed by atoms with van der Waals surface area (Å²) in [5, 5.41) is 0. The monoisotopic (exact) mass is 247 g/mol. The van der Waals surface area contributed by atoms with Gasteiger partial charge in [0.1, 0.15) is 5.75 Å². The molecule has 0 radical (unpaired) electrons. The summed E-state index contributed by atoms with van der Waals surface area (Å²) in [6, 6.07) is 8.30. The van der Waals surface area contributed by atoms with Crippen molar-refractivity contribution in [3.8, 4) is 5.75 Å². The van der Waals surface area contributed by atoms with Crippen LogP contribution in [0.5, 0.6) is 5.75 Å². The molecule has 0 aromatic heterocycles. The highest BCUT2D eigenvalue weighted by Gasteiger charge is 2.30. The zero-order valence-electron chi connectivity index (χ0n) is 11.3. The summed E-state index contributed by atoms with van der Waals surface area (Å²) in [6.07, 6.45) is 2.15. The van der Waals surface area contributed by atoms with Gasteiger partial charge in [0.2, 0.25) is 5.91 Å². The second-order valence-electron chi connectivity index (χ2n) is 5.12. The smallest absolute Gasteiger partial charge is 0.225 e. The van der Waals surface area contributed by atoms with Crippen molar-refractivity contribution in [3.05, 3.63) is 29.8 Å². The molecule has 1 atom stereocenters. The van der Waals surface area contributed by atoms with Crippen molar-refractivity contribution in [1.29, 1.82) is 0 Å². The Morgan fingerprint density at radius 1 is 1.33 bits per heavy atom. The lowest BCUT2D eigenvalue weighted by molar-refractivity contribution is -0.135. The largest absolute Gasteiger partial charge is 0.497 e. The highest BCUT2D eigenvalue weighted by molar-refractivity contribution is 5.78. The molecule has 1 fully saturated rings.